The summed E-state index contributed by atoms with van der Waals surface area (Å²) in [6.45, 7) is 4.43. The Morgan fingerprint density at radius 2 is 2.27 bits per heavy atom. The second kappa shape index (κ2) is 8.55. The zero-order valence-electron chi connectivity index (χ0n) is 13.2. The van der Waals surface area contributed by atoms with Crippen molar-refractivity contribution in [3.05, 3.63) is 11.6 Å². The lowest BCUT2D eigenvalue weighted by Gasteiger charge is -2.26. The lowest BCUT2D eigenvalue weighted by molar-refractivity contribution is -0.202. The van der Waals surface area contributed by atoms with E-state index >= 15 is 0 Å². The van der Waals surface area contributed by atoms with E-state index in [2.05, 4.69) is 5.48 Å². The fraction of sp³-hybridized carbons (Fsp3) is 0.733. The van der Waals surface area contributed by atoms with Crippen LogP contribution in [0.15, 0.2) is 11.6 Å². The smallest absolute Gasteiger partial charge is 0.267 e. The van der Waals surface area contributed by atoms with E-state index in [0.717, 1.165) is 25.7 Å². The maximum Gasteiger partial charge on any atom is 0.267 e. The predicted molar refractivity (Wildman–Crippen MR) is 84.8 cm³/mol. The van der Waals surface area contributed by atoms with Gasteiger partial charge in [-0.05, 0) is 26.2 Å². The zero-order chi connectivity index (χ0) is 15.9. The van der Waals surface area contributed by atoms with E-state index in [1.165, 1.54) is 0 Å². The first-order chi connectivity index (χ1) is 10.6. The van der Waals surface area contributed by atoms with Gasteiger partial charge in [0.1, 0.15) is 6.04 Å². The first kappa shape index (κ1) is 17.3. The van der Waals surface area contributed by atoms with Crippen LogP contribution in [0, 0.1) is 0 Å². The van der Waals surface area contributed by atoms with Crippen molar-refractivity contribution >= 4 is 23.6 Å². The Labute approximate surface area is 135 Å². The molecule has 2 atom stereocenters. The molecule has 2 saturated heterocycles. The highest BCUT2D eigenvalue weighted by atomic mass is 32.2. The van der Waals surface area contributed by atoms with Crippen molar-refractivity contribution in [1.82, 2.24) is 10.4 Å². The first-order valence-electron chi connectivity index (χ1n) is 7.76. The molecule has 2 heterocycles. The summed E-state index contributed by atoms with van der Waals surface area (Å²) in [5.41, 5.74) is 3.14. The Hall–Kier alpha value is -1.05. The number of carbonyl (C=O) groups excluding carboxylic acids is 2. The van der Waals surface area contributed by atoms with Crippen molar-refractivity contribution in [3.8, 4) is 0 Å². The minimum atomic E-state index is -0.485. The molecule has 124 valence electrons. The Bertz CT molecular complexity index is 435. The normalized spacial score (nSPS) is 26.1. The van der Waals surface area contributed by atoms with E-state index < -0.39 is 6.04 Å². The molecule has 0 aromatic carbocycles. The topological polar surface area (TPSA) is 67.9 Å². The van der Waals surface area contributed by atoms with Gasteiger partial charge in [0.05, 0.1) is 5.88 Å². The molecule has 7 heteroatoms. The molecule has 0 bridgehead atoms. The summed E-state index contributed by atoms with van der Waals surface area (Å²) >= 11 is 1.57. The second-order valence-corrected chi connectivity index (χ2v) is 6.47. The van der Waals surface area contributed by atoms with E-state index in [9.17, 15) is 9.59 Å². The molecule has 2 rings (SSSR count). The average molecular weight is 328 g/mol. The summed E-state index contributed by atoms with van der Waals surface area (Å²) in [7, 11) is 0. The number of allylic oxidation sites excluding steroid dienone is 1. The molecule has 2 amide bonds. The van der Waals surface area contributed by atoms with E-state index in [0.29, 0.717) is 23.8 Å². The molecule has 2 fully saturated rings. The molecule has 0 aliphatic carbocycles. The molecule has 0 radical (unpaired) electrons. The molecular formula is C15H24N2O4S. The van der Waals surface area contributed by atoms with E-state index in [-0.39, 0.29) is 18.1 Å². The number of nitrogens with zero attached hydrogens (tertiary/aromatic N) is 1. The van der Waals surface area contributed by atoms with Gasteiger partial charge in [-0.1, -0.05) is 13.0 Å². The number of hydrogen-bond acceptors (Lipinski definition) is 5. The highest BCUT2D eigenvalue weighted by molar-refractivity contribution is 7.99. The summed E-state index contributed by atoms with van der Waals surface area (Å²) in [6, 6.07) is -0.485. The molecule has 2 aliphatic rings. The van der Waals surface area contributed by atoms with Crippen LogP contribution in [0.1, 0.15) is 39.5 Å². The largest absolute Gasteiger partial charge is 0.350 e. The standard InChI is InChI=1S/C15H24N2O4S/c1-3-6-11(2)15(19)17-10-22-9-12(17)14(18)16-21-13-7-4-5-8-20-13/h6,12-13H,3-5,7-10H2,1-2H3,(H,16,18)/b11-6+. The fourth-order valence-corrected chi connectivity index (χ4v) is 3.63. The number of nitrogens with one attached hydrogen (secondary N) is 1. The number of thioether (sulfide) groups is 1. The highest BCUT2D eigenvalue weighted by Gasteiger charge is 2.35. The van der Waals surface area contributed by atoms with Crippen molar-refractivity contribution in [2.75, 3.05) is 18.2 Å². The number of hydroxylamine groups is 1. The third kappa shape index (κ3) is 4.47. The highest BCUT2D eigenvalue weighted by Crippen LogP contribution is 2.23. The van der Waals surface area contributed by atoms with E-state index in [4.69, 9.17) is 9.57 Å². The average Bonchev–Trinajstić information content (AvgIpc) is 3.02. The Morgan fingerprint density at radius 1 is 1.45 bits per heavy atom. The van der Waals surface area contributed by atoms with Crippen LogP contribution in [-0.4, -0.2) is 47.3 Å². The SMILES string of the molecule is CC/C=C(\C)C(=O)N1CSCC1C(=O)NOC1CCCCO1. The van der Waals surface area contributed by atoms with Crippen LogP contribution in [0.25, 0.3) is 0 Å². The van der Waals surface area contributed by atoms with Gasteiger partial charge in [-0.2, -0.15) is 0 Å². The van der Waals surface area contributed by atoms with Gasteiger partial charge in [-0.15, -0.1) is 11.8 Å². The number of carbonyl (C=O) groups is 2. The van der Waals surface area contributed by atoms with E-state index in [1.54, 1.807) is 23.6 Å². The zero-order valence-corrected chi connectivity index (χ0v) is 14.0. The predicted octanol–water partition coefficient (Wildman–Crippen LogP) is 1.82. The maximum absolute atomic E-state index is 12.4. The Balaban J connectivity index is 1.87. The molecule has 0 spiro atoms. The van der Waals surface area contributed by atoms with Gasteiger partial charge in [0.15, 0.2) is 6.29 Å². The quantitative estimate of drug-likeness (QED) is 0.616. The number of rotatable bonds is 5. The summed E-state index contributed by atoms with van der Waals surface area (Å²) in [4.78, 5) is 31.5. The molecule has 0 saturated carbocycles. The van der Waals surface area contributed by atoms with Crippen LogP contribution < -0.4 is 5.48 Å². The minimum Gasteiger partial charge on any atom is -0.350 e. The number of ether oxygens (including phenoxy) is 1. The van der Waals surface area contributed by atoms with Crippen molar-refractivity contribution in [2.24, 2.45) is 0 Å². The molecule has 2 aliphatic heterocycles. The molecule has 2 unspecified atom stereocenters. The minimum absolute atomic E-state index is 0.0825. The first-order valence-corrected chi connectivity index (χ1v) is 8.91. The van der Waals surface area contributed by atoms with Crippen molar-refractivity contribution in [1.29, 1.82) is 0 Å². The van der Waals surface area contributed by atoms with Crippen molar-refractivity contribution in [3.63, 3.8) is 0 Å². The summed E-state index contributed by atoms with van der Waals surface area (Å²) < 4.78 is 5.40. The third-order valence-corrected chi connectivity index (χ3v) is 4.73. The van der Waals surface area contributed by atoms with Crippen LogP contribution >= 0.6 is 11.8 Å². The van der Waals surface area contributed by atoms with Crippen molar-refractivity contribution in [2.45, 2.75) is 51.9 Å². The Kier molecular flexibility index (Phi) is 6.72. The second-order valence-electron chi connectivity index (χ2n) is 5.47. The lowest BCUT2D eigenvalue weighted by Crippen LogP contribution is -2.48. The van der Waals surface area contributed by atoms with Gasteiger partial charge in [-0.3, -0.25) is 9.59 Å². The molecule has 22 heavy (non-hydrogen) atoms. The van der Waals surface area contributed by atoms with Crippen LogP contribution in [0.5, 0.6) is 0 Å². The van der Waals surface area contributed by atoms with Crippen molar-refractivity contribution < 1.29 is 19.2 Å². The van der Waals surface area contributed by atoms with Gasteiger partial charge in [0.2, 0.25) is 0 Å². The van der Waals surface area contributed by atoms with Gasteiger partial charge in [0.25, 0.3) is 11.8 Å². The van der Waals surface area contributed by atoms with Crippen LogP contribution in [0.4, 0.5) is 0 Å². The molecular weight excluding hydrogens is 304 g/mol. The van der Waals surface area contributed by atoms with Gasteiger partial charge in [-0.25, -0.2) is 10.3 Å². The monoisotopic (exact) mass is 328 g/mol. The van der Waals surface area contributed by atoms with Gasteiger partial charge < -0.3 is 9.64 Å². The summed E-state index contributed by atoms with van der Waals surface area (Å²) in [5, 5.41) is 0. The van der Waals surface area contributed by atoms with E-state index in [1.807, 2.05) is 13.0 Å². The third-order valence-electron chi connectivity index (χ3n) is 3.72. The Morgan fingerprint density at radius 3 is 2.95 bits per heavy atom. The summed E-state index contributed by atoms with van der Waals surface area (Å²) in [6.07, 6.45) is 5.15. The molecule has 0 aromatic heterocycles. The fourth-order valence-electron chi connectivity index (χ4n) is 2.48. The van der Waals surface area contributed by atoms with Gasteiger partial charge in [0, 0.05) is 24.4 Å². The van der Waals surface area contributed by atoms with Gasteiger partial charge >= 0.3 is 0 Å². The molecule has 1 N–H and O–H groups in total. The molecule has 0 aromatic rings. The number of hydrogen-bond donors (Lipinski definition) is 1. The number of amides is 2. The maximum atomic E-state index is 12.4. The van der Waals surface area contributed by atoms with Crippen LogP contribution in [0.3, 0.4) is 0 Å². The van der Waals surface area contributed by atoms with Crippen LogP contribution in [0.2, 0.25) is 0 Å². The lowest BCUT2D eigenvalue weighted by atomic mass is 10.2. The van der Waals surface area contributed by atoms with Crippen LogP contribution in [-0.2, 0) is 19.2 Å². The summed E-state index contributed by atoms with van der Waals surface area (Å²) in [5.74, 6) is 0.759. The molecule has 6 nitrogen and oxygen atoms in total.